The molecule has 1 aromatic carbocycles. The van der Waals surface area contributed by atoms with Gasteiger partial charge in [-0.05, 0) is 43.4 Å². The molecule has 1 aliphatic carbocycles. The first-order valence-electron chi connectivity index (χ1n) is 6.84. The molecule has 3 N–H and O–H groups in total. The van der Waals surface area contributed by atoms with E-state index in [0.29, 0.717) is 12.6 Å². The third-order valence-corrected chi connectivity index (χ3v) is 3.87. The molecule has 0 saturated heterocycles. The lowest BCUT2D eigenvalue weighted by Gasteiger charge is -2.27. The Labute approximate surface area is 117 Å². The van der Waals surface area contributed by atoms with Crippen LogP contribution in [0.25, 0.3) is 0 Å². The molecule has 1 fully saturated rings. The van der Waals surface area contributed by atoms with Gasteiger partial charge in [0.25, 0.3) is 0 Å². The molecule has 108 valence electrons. The van der Waals surface area contributed by atoms with Crippen LogP contribution < -0.4 is 5.32 Å². The number of carbonyl (C=O) groups is 2. The van der Waals surface area contributed by atoms with Gasteiger partial charge in [-0.1, -0.05) is 12.1 Å². The topological polar surface area (TPSA) is 86.6 Å². The molecule has 5 nitrogen and oxygen atoms in total. The van der Waals surface area contributed by atoms with Crippen molar-refractivity contribution >= 4 is 11.9 Å². The zero-order valence-electron chi connectivity index (χ0n) is 11.2. The minimum atomic E-state index is -0.920. The normalized spacial score (nSPS) is 22.4. The van der Waals surface area contributed by atoms with Crippen LogP contribution in [0.15, 0.2) is 24.3 Å². The predicted molar refractivity (Wildman–Crippen MR) is 73.6 cm³/mol. The van der Waals surface area contributed by atoms with E-state index in [0.717, 1.165) is 31.2 Å². The fraction of sp³-hybridized carbons (Fsp3) is 0.467. The summed E-state index contributed by atoms with van der Waals surface area (Å²) in [5.41, 5.74) is 1.33. The van der Waals surface area contributed by atoms with Gasteiger partial charge in [-0.15, -0.1) is 0 Å². The Hall–Kier alpha value is -1.88. The minimum Gasteiger partial charge on any atom is -0.481 e. The highest BCUT2D eigenvalue weighted by Gasteiger charge is 2.25. The first-order valence-corrected chi connectivity index (χ1v) is 6.84. The van der Waals surface area contributed by atoms with Crippen LogP contribution >= 0.6 is 0 Å². The van der Waals surface area contributed by atoms with Gasteiger partial charge in [-0.3, -0.25) is 4.79 Å². The van der Waals surface area contributed by atoms with Gasteiger partial charge in [0.05, 0.1) is 11.5 Å². The van der Waals surface area contributed by atoms with Gasteiger partial charge in [0.1, 0.15) is 0 Å². The number of benzene rings is 1. The van der Waals surface area contributed by atoms with Gasteiger partial charge in [-0.25, -0.2) is 4.79 Å². The molecule has 0 radical (unpaired) electrons. The molecule has 2 rings (SSSR count). The Kier molecular flexibility index (Phi) is 4.74. The van der Waals surface area contributed by atoms with Crippen molar-refractivity contribution in [1.29, 1.82) is 0 Å². The highest BCUT2D eigenvalue weighted by atomic mass is 16.4. The van der Waals surface area contributed by atoms with E-state index in [1.54, 1.807) is 24.3 Å². The highest BCUT2D eigenvalue weighted by Crippen LogP contribution is 2.24. The second-order valence-corrected chi connectivity index (χ2v) is 5.27. The summed E-state index contributed by atoms with van der Waals surface area (Å²) in [6, 6.07) is 7.16. The van der Waals surface area contributed by atoms with Crippen LogP contribution in [-0.4, -0.2) is 28.2 Å². The monoisotopic (exact) mass is 277 g/mol. The first-order chi connectivity index (χ1) is 9.56. The van der Waals surface area contributed by atoms with Crippen molar-refractivity contribution in [2.24, 2.45) is 5.92 Å². The largest absolute Gasteiger partial charge is 0.481 e. The summed E-state index contributed by atoms with van der Waals surface area (Å²) in [6.45, 7) is 0.683. The lowest BCUT2D eigenvalue weighted by molar-refractivity contribution is -0.142. The molecule has 0 aromatic heterocycles. The summed E-state index contributed by atoms with van der Waals surface area (Å²) in [5.74, 6) is -1.80. The molecule has 1 aliphatic rings. The molecular weight excluding hydrogens is 258 g/mol. The average molecular weight is 277 g/mol. The molecule has 0 spiro atoms. The van der Waals surface area contributed by atoms with E-state index in [-0.39, 0.29) is 11.5 Å². The van der Waals surface area contributed by atoms with Gasteiger partial charge in [-0.2, -0.15) is 0 Å². The number of rotatable bonds is 5. The quantitative estimate of drug-likeness (QED) is 0.767. The Morgan fingerprint density at radius 3 is 2.15 bits per heavy atom. The van der Waals surface area contributed by atoms with Crippen LogP contribution in [0, 0.1) is 5.92 Å². The number of aromatic carboxylic acids is 1. The van der Waals surface area contributed by atoms with Crippen LogP contribution in [0.4, 0.5) is 0 Å². The number of hydrogen-bond donors (Lipinski definition) is 3. The molecule has 0 heterocycles. The van der Waals surface area contributed by atoms with Crippen LogP contribution in [0.3, 0.4) is 0 Å². The van der Waals surface area contributed by atoms with E-state index in [1.807, 2.05) is 0 Å². The Bertz CT molecular complexity index is 475. The van der Waals surface area contributed by atoms with Crippen LogP contribution in [-0.2, 0) is 11.3 Å². The van der Waals surface area contributed by atoms with Gasteiger partial charge in [0.15, 0.2) is 0 Å². The van der Waals surface area contributed by atoms with E-state index in [9.17, 15) is 9.59 Å². The third kappa shape index (κ3) is 3.81. The smallest absolute Gasteiger partial charge is 0.335 e. The van der Waals surface area contributed by atoms with E-state index >= 15 is 0 Å². The fourth-order valence-electron chi connectivity index (χ4n) is 2.57. The molecule has 0 amide bonds. The van der Waals surface area contributed by atoms with E-state index in [4.69, 9.17) is 10.2 Å². The molecule has 0 aliphatic heterocycles. The van der Waals surface area contributed by atoms with E-state index in [2.05, 4.69) is 5.32 Å². The summed E-state index contributed by atoms with van der Waals surface area (Å²) in [4.78, 5) is 21.6. The maximum atomic E-state index is 10.9. The fourth-order valence-corrected chi connectivity index (χ4v) is 2.57. The van der Waals surface area contributed by atoms with Crippen LogP contribution in [0.1, 0.15) is 41.6 Å². The zero-order valence-corrected chi connectivity index (χ0v) is 11.2. The summed E-state index contributed by atoms with van der Waals surface area (Å²) < 4.78 is 0. The van der Waals surface area contributed by atoms with Gasteiger partial charge < -0.3 is 15.5 Å². The molecule has 1 saturated carbocycles. The van der Waals surface area contributed by atoms with Crippen molar-refractivity contribution in [3.05, 3.63) is 35.4 Å². The third-order valence-electron chi connectivity index (χ3n) is 3.87. The van der Waals surface area contributed by atoms with Crippen LogP contribution in [0.2, 0.25) is 0 Å². The van der Waals surface area contributed by atoms with Crippen molar-refractivity contribution in [3.8, 4) is 0 Å². The molecule has 20 heavy (non-hydrogen) atoms. The zero-order chi connectivity index (χ0) is 14.5. The molecule has 1 aromatic rings. The summed E-state index contributed by atoms with van der Waals surface area (Å²) in [5, 5.41) is 21.2. The number of nitrogens with one attached hydrogen (secondary N) is 1. The van der Waals surface area contributed by atoms with E-state index < -0.39 is 11.9 Å². The molecule has 5 heteroatoms. The lowest BCUT2D eigenvalue weighted by Crippen LogP contribution is -2.34. The minimum absolute atomic E-state index is 0.192. The number of hydrogen-bond acceptors (Lipinski definition) is 3. The number of aliphatic carboxylic acids is 1. The lowest BCUT2D eigenvalue weighted by atomic mass is 9.86. The maximum Gasteiger partial charge on any atom is 0.335 e. The van der Waals surface area contributed by atoms with E-state index in [1.165, 1.54) is 0 Å². The van der Waals surface area contributed by atoms with Gasteiger partial charge in [0.2, 0.25) is 0 Å². The van der Waals surface area contributed by atoms with Gasteiger partial charge in [0, 0.05) is 12.6 Å². The Balaban J connectivity index is 1.78. The summed E-state index contributed by atoms with van der Waals surface area (Å²) in [6.07, 6.45) is 3.21. The van der Waals surface area contributed by atoms with Crippen molar-refractivity contribution in [1.82, 2.24) is 5.32 Å². The highest BCUT2D eigenvalue weighted by molar-refractivity contribution is 5.87. The van der Waals surface area contributed by atoms with Gasteiger partial charge >= 0.3 is 11.9 Å². The summed E-state index contributed by atoms with van der Waals surface area (Å²) in [7, 11) is 0. The number of carboxylic acid groups (broad SMARTS) is 2. The molecular formula is C15H19NO4. The Morgan fingerprint density at radius 1 is 1.05 bits per heavy atom. The summed E-state index contributed by atoms with van der Waals surface area (Å²) >= 11 is 0. The number of carboxylic acids is 2. The Morgan fingerprint density at radius 2 is 1.65 bits per heavy atom. The molecule has 0 bridgehead atoms. The predicted octanol–water partition coefficient (Wildman–Crippen LogP) is 2.12. The molecule has 0 atom stereocenters. The van der Waals surface area contributed by atoms with Crippen molar-refractivity contribution in [3.63, 3.8) is 0 Å². The van der Waals surface area contributed by atoms with Crippen LogP contribution in [0.5, 0.6) is 0 Å². The molecule has 0 unspecified atom stereocenters. The standard InChI is InChI=1S/C15H19NO4/c17-14(18)11-3-1-10(2-4-11)9-16-13-7-5-12(6-8-13)15(19)20/h1-4,12-13,16H,5-9H2,(H,17,18)(H,19,20). The van der Waals surface area contributed by atoms with Crippen molar-refractivity contribution < 1.29 is 19.8 Å². The van der Waals surface area contributed by atoms with Crippen molar-refractivity contribution in [2.45, 2.75) is 38.3 Å². The second kappa shape index (κ2) is 6.52. The second-order valence-electron chi connectivity index (χ2n) is 5.27. The van der Waals surface area contributed by atoms with Crippen molar-refractivity contribution in [2.75, 3.05) is 0 Å². The average Bonchev–Trinajstić information content (AvgIpc) is 2.46. The maximum absolute atomic E-state index is 10.9. The SMILES string of the molecule is O=C(O)c1ccc(CNC2CCC(C(=O)O)CC2)cc1. The first kappa shape index (κ1) is 14.5.